The van der Waals surface area contributed by atoms with Crippen LogP contribution in [-0.4, -0.2) is 23.4 Å². The number of benzene rings is 2. The Hall–Kier alpha value is -1.94. The fraction of sp³-hybridized carbons (Fsp3) is 0.235. The Morgan fingerprint density at radius 2 is 1.76 bits per heavy atom. The van der Waals surface area contributed by atoms with Crippen LogP contribution in [0.2, 0.25) is 0 Å². The number of thioether (sulfide) groups is 1. The topological polar surface area (TPSA) is 46.5 Å². The summed E-state index contributed by atoms with van der Waals surface area (Å²) < 4.78 is 5.64. The zero-order chi connectivity index (χ0) is 15.1. The Labute approximate surface area is 129 Å². The van der Waals surface area contributed by atoms with Crippen LogP contribution in [0.5, 0.6) is 5.75 Å². The van der Waals surface area contributed by atoms with Crippen LogP contribution in [-0.2, 0) is 11.2 Å². The maximum Gasteiger partial charge on any atom is 0.307 e. The van der Waals surface area contributed by atoms with E-state index >= 15 is 0 Å². The van der Waals surface area contributed by atoms with Gasteiger partial charge in [0.1, 0.15) is 5.75 Å². The van der Waals surface area contributed by atoms with E-state index in [2.05, 4.69) is 31.2 Å². The molecule has 21 heavy (non-hydrogen) atoms. The third-order valence-electron chi connectivity index (χ3n) is 2.92. The molecule has 0 fully saturated rings. The second-order valence-corrected chi connectivity index (χ2v) is 5.89. The zero-order valence-electron chi connectivity index (χ0n) is 11.9. The number of rotatable bonds is 7. The Kier molecular flexibility index (Phi) is 5.69. The molecule has 0 unspecified atom stereocenters. The standard InChI is InChI=1S/C17H18O3S/c1-13-2-8-16(9-3-13)21-11-10-20-15-6-4-14(5-7-15)12-17(18)19/h2-9H,10-12H2,1H3,(H,18,19). The minimum Gasteiger partial charge on any atom is -0.493 e. The van der Waals surface area contributed by atoms with Gasteiger partial charge in [-0.1, -0.05) is 29.8 Å². The molecule has 0 atom stereocenters. The van der Waals surface area contributed by atoms with E-state index in [1.807, 2.05) is 12.1 Å². The van der Waals surface area contributed by atoms with Crippen LogP contribution < -0.4 is 4.74 Å². The molecule has 2 rings (SSSR count). The third kappa shape index (κ3) is 5.52. The van der Waals surface area contributed by atoms with Gasteiger partial charge in [-0.3, -0.25) is 4.79 Å². The van der Waals surface area contributed by atoms with Gasteiger partial charge in [-0.2, -0.15) is 0 Å². The van der Waals surface area contributed by atoms with Gasteiger partial charge in [-0.15, -0.1) is 11.8 Å². The van der Waals surface area contributed by atoms with E-state index in [0.29, 0.717) is 6.61 Å². The van der Waals surface area contributed by atoms with Crippen LogP contribution >= 0.6 is 11.8 Å². The fourth-order valence-corrected chi connectivity index (χ4v) is 2.56. The molecule has 0 amide bonds. The predicted molar refractivity (Wildman–Crippen MR) is 85.2 cm³/mol. The van der Waals surface area contributed by atoms with Crippen LogP contribution in [0, 0.1) is 6.92 Å². The van der Waals surface area contributed by atoms with E-state index in [-0.39, 0.29) is 6.42 Å². The van der Waals surface area contributed by atoms with Crippen LogP contribution in [0.15, 0.2) is 53.4 Å². The van der Waals surface area contributed by atoms with Crippen molar-refractivity contribution in [2.75, 3.05) is 12.4 Å². The number of hydrogen-bond acceptors (Lipinski definition) is 3. The highest BCUT2D eigenvalue weighted by molar-refractivity contribution is 7.99. The Bertz CT molecular complexity index is 576. The molecule has 0 saturated carbocycles. The Balaban J connectivity index is 1.73. The monoisotopic (exact) mass is 302 g/mol. The van der Waals surface area contributed by atoms with Crippen molar-refractivity contribution in [2.24, 2.45) is 0 Å². The van der Waals surface area contributed by atoms with Crippen molar-refractivity contribution in [1.82, 2.24) is 0 Å². The maximum atomic E-state index is 10.6. The molecule has 110 valence electrons. The number of aliphatic carboxylic acids is 1. The summed E-state index contributed by atoms with van der Waals surface area (Å²) in [6, 6.07) is 15.6. The average molecular weight is 302 g/mol. The van der Waals surface area contributed by atoms with Crippen molar-refractivity contribution in [3.05, 3.63) is 59.7 Å². The molecule has 0 aromatic heterocycles. The molecule has 0 aliphatic rings. The molecule has 0 bridgehead atoms. The number of ether oxygens (including phenoxy) is 1. The fourth-order valence-electron chi connectivity index (χ4n) is 1.83. The molecule has 0 saturated heterocycles. The summed E-state index contributed by atoms with van der Waals surface area (Å²) in [4.78, 5) is 11.8. The highest BCUT2D eigenvalue weighted by Gasteiger charge is 2.01. The van der Waals surface area contributed by atoms with E-state index in [1.165, 1.54) is 10.5 Å². The van der Waals surface area contributed by atoms with Gasteiger partial charge in [0.05, 0.1) is 13.0 Å². The van der Waals surface area contributed by atoms with E-state index in [1.54, 1.807) is 23.9 Å². The quantitative estimate of drug-likeness (QED) is 0.624. The first-order chi connectivity index (χ1) is 10.1. The minimum atomic E-state index is -0.821. The molecule has 0 radical (unpaired) electrons. The van der Waals surface area contributed by atoms with E-state index < -0.39 is 5.97 Å². The van der Waals surface area contributed by atoms with Crippen LogP contribution in [0.1, 0.15) is 11.1 Å². The van der Waals surface area contributed by atoms with Crippen LogP contribution in [0.25, 0.3) is 0 Å². The van der Waals surface area contributed by atoms with Gasteiger partial charge in [0.15, 0.2) is 0 Å². The van der Waals surface area contributed by atoms with Crippen molar-refractivity contribution < 1.29 is 14.6 Å². The minimum absolute atomic E-state index is 0.0452. The van der Waals surface area contributed by atoms with E-state index in [9.17, 15) is 4.79 Å². The molecule has 4 heteroatoms. The first-order valence-corrected chi connectivity index (χ1v) is 7.75. The van der Waals surface area contributed by atoms with Crippen LogP contribution in [0.3, 0.4) is 0 Å². The largest absolute Gasteiger partial charge is 0.493 e. The van der Waals surface area contributed by atoms with Gasteiger partial charge in [0.25, 0.3) is 0 Å². The van der Waals surface area contributed by atoms with E-state index in [4.69, 9.17) is 9.84 Å². The summed E-state index contributed by atoms with van der Waals surface area (Å²) in [6.07, 6.45) is 0.0452. The summed E-state index contributed by atoms with van der Waals surface area (Å²) in [6.45, 7) is 2.70. The van der Waals surface area contributed by atoms with Crippen molar-refractivity contribution in [1.29, 1.82) is 0 Å². The van der Waals surface area contributed by atoms with Crippen LogP contribution in [0.4, 0.5) is 0 Å². The van der Waals surface area contributed by atoms with Crippen molar-refractivity contribution in [2.45, 2.75) is 18.2 Å². The lowest BCUT2D eigenvalue weighted by Crippen LogP contribution is -2.02. The lowest BCUT2D eigenvalue weighted by molar-refractivity contribution is -0.136. The molecule has 0 heterocycles. The van der Waals surface area contributed by atoms with Crippen molar-refractivity contribution in [3.8, 4) is 5.75 Å². The lowest BCUT2D eigenvalue weighted by atomic mass is 10.1. The Morgan fingerprint density at radius 3 is 2.38 bits per heavy atom. The summed E-state index contributed by atoms with van der Waals surface area (Å²) in [5, 5.41) is 8.70. The number of carboxylic acid groups (broad SMARTS) is 1. The van der Waals surface area contributed by atoms with Gasteiger partial charge in [-0.25, -0.2) is 0 Å². The van der Waals surface area contributed by atoms with Gasteiger partial charge in [-0.05, 0) is 36.8 Å². The highest BCUT2D eigenvalue weighted by Crippen LogP contribution is 2.19. The maximum absolute atomic E-state index is 10.6. The highest BCUT2D eigenvalue weighted by atomic mass is 32.2. The molecule has 1 N–H and O–H groups in total. The summed E-state index contributed by atoms with van der Waals surface area (Å²) in [5.41, 5.74) is 2.04. The SMILES string of the molecule is Cc1ccc(SCCOc2ccc(CC(=O)O)cc2)cc1. The van der Waals surface area contributed by atoms with Gasteiger partial charge in [0.2, 0.25) is 0 Å². The number of carboxylic acids is 1. The number of hydrogen-bond donors (Lipinski definition) is 1. The van der Waals surface area contributed by atoms with Gasteiger partial charge >= 0.3 is 5.97 Å². The van der Waals surface area contributed by atoms with Gasteiger partial charge < -0.3 is 9.84 Å². The number of aryl methyl sites for hydroxylation is 1. The summed E-state index contributed by atoms with van der Waals surface area (Å²) in [7, 11) is 0. The zero-order valence-corrected chi connectivity index (χ0v) is 12.7. The summed E-state index contributed by atoms with van der Waals surface area (Å²) in [5.74, 6) is 0.826. The normalized spacial score (nSPS) is 10.3. The number of carbonyl (C=O) groups is 1. The molecular weight excluding hydrogens is 284 g/mol. The Morgan fingerprint density at radius 1 is 1.10 bits per heavy atom. The first kappa shape index (κ1) is 15.4. The lowest BCUT2D eigenvalue weighted by Gasteiger charge is -2.07. The predicted octanol–water partition coefficient (Wildman–Crippen LogP) is 3.79. The van der Waals surface area contributed by atoms with Crippen molar-refractivity contribution in [3.63, 3.8) is 0 Å². The van der Waals surface area contributed by atoms with E-state index in [0.717, 1.165) is 17.1 Å². The molecular formula is C17H18O3S. The molecule has 2 aromatic rings. The first-order valence-electron chi connectivity index (χ1n) is 6.76. The second-order valence-electron chi connectivity index (χ2n) is 4.72. The smallest absolute Gasteiger partial charge is 0.307 e. The summed E-state index contributed by atoms with van der Waals surface area (Å²) >= 11 is 1.76. The average Bonchev–Trinajstić information content (AvgIpc) is 2.46. The van der Waals surface area contributed by atoms with Gasteiger partial charge in [0, 0.05) is 10.6 Å². The molecule has 0 aliphatic carbocycles. The molecule has 3 nitrogen and oxygen atoms in total. The third-order valence-corrected chi connectivity index (χ3v) is 3.90. The van der Waals surface area contributed by atoms with Crippen molar-refractivity contribution >= 4 is 17.7 Å². The molecule has 0 spiro atoms. The molecule has 2 aromatic carbocycles. The second kappa shape index (κ2) is 7.74. The molecule has 0 aliphatic heterocycles.